The summed E-state index contributed by atoms with van der Waals surface area (Å²) in [5.41, 5.74) is 4.38. The first kappa shape index (κ1) is 23.0. The zero-order valence-electron chi connectivity index (χ0n) is 19.9. The number of nitrogens with one attached hydrogen (secondary N) is 1. The largest absolute Gasteiger partial charge is 0.494 e. The van der Waals surface area contributed by atoms with Crippen LogP contribution in [0.15, 0.2) is 72.9 Å². The van der Waals surface area contributed by atoms with Crippen LogP contribution in [0.1, 0.15) is 39.2 Å². The predicted molar refractivity (Wildman–Crippen MR) is 136 cm³/mol. The molecule has 0 amide bonds. The molecule has 0 unspecified atom stereocenters. The van der Waals surface area contributed by atoms with E-state index in [0.717, 1.165) is 55.2 Å². The van der Waals surface area contributed by atoms with Crippen molar-refractivity contribution in [2.45, 2.75) is 40.2 Å². The minimum absolute atomic E-state index is 0.231. The van der Waals surface area contributed by atoms with Crippen LogP contribution in [0, 0.1) is 5.41 Å². The standard InChI is InChI=1S/C28H34N4O/c1-28(2,3)21-32-16-6-4-5-7-17-33-25-13-9-11-23(19-25)26-14-15-29-27(31-26)30-24-12-8-10-22(18-24)20-32/h4,6,8-15,18-19H,5,7,16-17,20-21H2,1-3H3,(H,29,30,31)/b6-4+. The van der Waals surface area contributed by atoms with Crippen LogP contribution in [0.25, 0.3) is 11.3 Å². The molecule has 1 aliphatic rings. The van der Waals surface area contributed by atoms with E-state index in [1.54, 1.807) is 6.20 Å². The van der Waals surface area contributed by atoms with E-state index in [0.29, 0.717) is 12.6 Å². The van der Waals surface area contributed by atoms with Crippen molar-refractivity contribution in [2.24, 2.45) is 5.41 Å². The van der Waals surface area contributed by atoms with E-state index in [4.69, 9.17) is 9.72 Å². The van der Waals surface area contributed by atoms with E-state index in [9.17, 15) is 0 Å². The maximum atomic E-state index is 6.00. The summed E-state index contributed by atoms with van der Waals surface area (Å²) in [6, 6.07) is 18.6. The minimum Gasteiger partial charge on any atom is -0.494 e. The first-order valence-electron chi connectivity index (χ1n) is 11.7. The third-order valence-corrected chi connectivity index (χ3v) is 5.39. The number of fused-ring (bicyclic) bond motifs is 7. The Labute approximate surface area is 197 Å². The zero-order chi connectivity index (χ0) is 23.1. The highest BCUT2D eigenvalue weighted by atomic mass is 16.5. The van der Waals surface area contributed by atoms with E-state index in [2.05, 4.69) is 78.5 Å². The molecule has 2 heterocycles. The van der Waals surface area contributed by atoms with E-state index >= 15 is 0 Å². The number of allylic oxidation sites excluding steroid dienone is 1. The first-order chi connectivity index (χ1) is 15.9. The van der Waals surface area contributed by atoms with Crippen molar-refractivity contribution in [2.75, 3.05) is 25.0 Å². The van der Waals surface area contributed by atoms with Crippen LogP contribution in [0.2, 0.25) is 0 Å². The summed E-state index contributed by atoms with van der Waals surface area (Å²) in [5, 5.41) is 3.38. The minimum atomic E-state index is 0.231. The van der Waals surface area contributed by atoms with Gasteiger partial charge in [0, 0.05) is 37.1 Å². The molecule has 0 saturated heterocycles. The number of nitrogens with zero attached hydrogens (tertiary/aromatic N) is 3. The van der Waals surface area contributed by atoms with Gasteiger partial charge in [-0.15, -0.1) is 0 Å². The summed E-state index contributed by atoms with van der Waals surface area (Å²) in [6.45, 7) is 10.4. The molecular formula is C28H34N4O. The van der Waals surface area contributed by atoms with Gasteiger partial charge >= 0.3 is 0 Å². The summed E-state index contributed by atoms with van der Waals surface area (Å²) >= 11 is 0. The lowest BCUT2D eigenvalue weighted by Crippen LogP contribution is -2.32. The molecule has 1 N–H and O–H groups in total. The van der Waals surface area contributed by atoms with Gasteiger partial charge in [-0.3, -0.25) is 4.90 Å². The Morgan fingerprint density at radius 3 is 2.79 bits per heavy atom. The van der Waals surface area contributed by atoms with Crippen LogP contribution >= 0.6 is 0 Å². The van der Waals surface area contributed by atoms with E-state index in [1.165, 1.54) is 5.56 Å². The molecular weight excluding hydrogens is 408 g/mol. The molecule has 33 heavy (non-hydrogen) atoms. The Bertz CT molecular complexity index is 1090. The third kappa shape index (κ3) is 7.16. The Morgan fingerprint density at radius 2 is 1.91 bits per heavy atom. The number of rotatable bonds is 1. The van der Waals surface area contributed by atoms with E-state index < -0.39 is 0 Å². The van der Waals surface area contributed by atoms with Crippen molar-refractivity contribution in [1.29, 1.82) is 0 Å². The fourth-order valence-electron chi connectivity index (χ4n) is 4.05. The van der Waals surface area contributed by atoms with E-state index in [-0.39, 0.29) is 5.41 Å². The predicted octanol–water partition coefficient (Wildman–Crippen LogP) is 6.46. The second-order valence-electron chi connectivity index (χ2n) is 9.81. The fraction of sp³-hybridized carbons (Fsp3) is 0.357. The molecule has 0 fully saturated rings. The summed E-state index contributed by atoms with van der Waals surface area (Å²) in [4.78, 5) is 11.7. The number of benzene rings is 2. The topological polar surface area (TPSA) is 50.3 Å². The lowest BCUT2D eigenvalue weighted by molar-refractivity contribution is 0.201. The van der Waals surface area contributed by atoms with Crippen LogP contribution in [0.3, 0.4) is 0 Å². The van der Waals surface area contributed by atoms with Gasteiger partial charge in [0.2, 0.25) is 5.95 Å². The Kier molecular flexibility index (Phi) is 7.40. The van der Waals surface area contributed by atoms with Crippen LogP contribution in [-0.4, -0.2) is 34.6 Å². The Morgan fingerprint density at radius 1 is 1.03 bits per heavy atom. The second-order valence-corrected chi connectivity index (χ2v) is 9.81. The molecule has 5 nitrogen and oxygen atoms in total. The molecule has 172 valence electrons. The molecule has 0 atom stereocenters. The maximum absolute atomic E-state index is 6.00. The molecule has 0 saturated carbocycles. The monoisotopic (exact) mass is 442 g/mol. The summed E-state index contributed by atoms with van der Waals surface area (Å²) in [6.07, 6.45) is 8.37. The Balaban J connectivity index is 1.63. The number of hydrogen-bond donors (Lipinski definition) is 1. The van der Waals surface area contributed by atoms with Gasteiger partial charge in [0.25, 0.3) is 0 Å². The van der Waals surface area contributed by atoms with Gasteiger partial charge in [-0.25, -0.2) is 9.97 Å². The van der Waals surface area contributed by atoms with Gasteiger partial charge in [-0.05, 0) is 54.2 Å². The molecule has 2 aromatic carbocycles. The van der Waals surface area contributed by atoms with Crippen LogP contribution in [-0.2, 0) is 6.54 Å². The average molecular weight is 443 g/mol. The summed E-state index contributed by atoms with van der Waals surface area (Å²) in [5.74, 6) is 1.45. The fourth-order valence-corrected chi connectivity index (χ4v) is 4.05. The first-order valence-corrected chi connectivity index (χ1v) is 11.7. The molecule has 5 heteroatoms. The second kappa shape index (κ2) is 10.6. The summed E-state index contributed by atoms with van der Waals surface area (Å²) < 4.78 is 6.00. The van der Waals surface area contributed by atoms with Crippen molar-refractivity contribution in [3.63, 3.8) is 0 Å². The van der Waals surface area contributed by atoms with Crippen molar-refractivity contribution in [3.05, 3.63) is 78.5 Å². The van der Waals surface area contributed by atoms with Crippen LogP contribution in [0.4, 0.5) is 11.6 Å². The summed E-state index contributed by atoms with van der Waals surface area (Å²) in [7, 11) is 0. The molecule has 1 aliphatic heterocycles. The van der Waals surface area contributed by atoms with Crippen molar-refractivity contribution < 1.29 is 4.74 Å². The number of ether oxygens (including phenoxy) is 1. The maximum Gasteiger partial charge on any atom is 0.227 e. The number of anilines is 2. The number of aromatic nitrogens is 2. The molecule has 3 aromatic rings. The number of hydrogen-bond acceptors (Lipinski definition) is 5. The zero-order valence-corrected chi connectivity index (χ0v) is 19.9. The SMILES string of the molecule is CC(C)(C)CN1C/C=C/CCCOc2cccc(c2)-c2ccnc(n2)Nc2cccc(c2)C1. The van der Waals surface area contributed by atoms with Gasteiger partial charge in [-0.1, -0.05) is 57.2 Å². The van der Waals surface area contributed by atoms with Crippen molar-refractivity contribution >= 4 is 11.6 Å². The van der Waals surface area contributed by atoms with Gasteiger partial charge in [-0.2, -0.15) is 0 Å². The van der Waals surface area contributed by atoms with Gasteiger partial charge in [0.05, 0.1) is 12.3 Å². The van der Waals surface area contributed by atoms with Crippen molar-refractivity contribution in [3.8, 4) is 17.0 Å². The average Bonchev–Trinajstić information content (AvgIpc) is 2.77. The van der Waals surface area contributed by atoms with Gasteiger partial charge in [0.1, 0.15) is 5.75 Å². The molecule has 1 aromatic heterocycles. The highest BCUT2D eigenvalue weighted by molar-refractivity contribution is 5.63. The highest BCUT2D eigenvalue weighted by Crippen LogP contribution is 2.25. The molecule has 4 rings (SSSR count). The highest BCUT2D eigenvalue weighted by Gasteiger charge is 2.16. The lowest BCUT2D eigenvalue weighted by Gasteiger charge is -2.29. The molecule has 0 radical (unpaired) electrons. The smallest absolute Gasteiger partial charge is 0.227 e. The third-order valence-electron chi connectivity index (χ3n) is 5.39. The normalized spacial score (nSPS) is 16.5. The Hall–Kier alpha value is -3.18. The van der Waals surface area contributed by atoms with Crippen LogP contribution < -0.4 is 10.1 Å². The molecule has 0 spiro atoms. The van der Waals surface area contributed by atoms with Gasteiger partial charge < -0.3 is 10.1 Å². The van der Waals surface area contributed by atoms with E-state index in [1.807, 2.05) is 24.3 Å². The lowest BCUT2D eigenvalue weighted by atomic mass is 9.95. The van der Waals surface area contributed by atoms with Gasteiger partial charge in [0.15, 0.2) is 0 Å². The van der Waals surface area contributed by atoms with Crippen molar-refractivity contribution in [1.82, 2.24) is 14.9 Å². The quantitative estimate of drug-likeness (QED) is 0.438. The molecule has 6 bridgehead atoms. The van der Waals surface area contributed by atoms with Crippen LogP contribution in [0.5, 0.6) is 5.75 Å². The molecule has 0 aliphatic carbocycles.